The number of carboxylic acid groups (broad SMARTS) is 1. The van der Waals surface area contributed by atoms with Crippen LogP contribution in [0.4, 0.5) is 0 Å². The standard InChI is InChI=1S/C26H30O5/c1-15-11-16(2)24-17(3)21(15)14-31-25(24)20-9-10-22(23(12-20)29-4)30-13-18-5-7-19(8-6-18)26(27)28/h5-12,15,17,21,24-25H,13-14H2,1-4H3,(H,27,28)/t15-,17+,21+,24+,25+/m1/s1. The molecule has 1 saturated heterocycles. The predicted molar refractivity (Wildman–Crippen MR) is 118 cm³/mol. The van der Waals surface area contributed by atoms with Gasteiger partial charge in [-0.1, -0.05) is 43.7 Å². The molecule has 5 atom stereocenters. The van der Waals surface area contributed by atoms with Crippen molar-refractivity contribution in [3.63, 3.8) is 0 Å². The molecule has 1 aliphatic carbocycles. The van der Waals surface area contributed by atoms with Crippen molar-refractivity contribution in [3.8, 4) is 11.5 Å². The zero-order valence-electron chi connectivity index (χ0n) is 18.5. The van der Waals surface area contributed by atoms with E-state index in [0.717, 1.165) is 17.7 Å². The fourth-order valence-electron chi connectivity index (χ4n) is 5.13. The number of allylic oxidation sites excluding steroid dienone is 1. The van der Waals surface area contributed by atoms with Gasteiger partial charge < -0.3 is 19.3 Å². The zero-order chi connectivity index (χ0) is 22.1. The Morgan fingerprint density at radius 1 is 1.13 bits per heavy atom. The van der Waals surface area contributed by atoms with Crippen LogP contribution in [-0.4, -0.2) is 24.8 Å². The number of benzene rings is 2. The van der Waals surface area contributed by atoms with Gasteiger partial charge in [-0.2, -0.15) is 0 Å². The Morgan fingerprint density at radius 3 is 2.55 bits per heavy atom. The van der Waals surface area contributed by atoms with Gasteiger partial charge in [0.1, 0.15) is 6.61 Å². The Morgan fingerprint density at radius 2 is 1.87 bits per heavy atom. The highest BCUT2D eigenvalue weighted by atomic mass is 16.5. The van der Waals surface area contributed by atoms with Crippen LogP contribution in [0.15, 0.2) is 54.1 Å². The third-order valence-electron chi connectivity index (χ3n) is 6.87. The number of fused-ring (bicyclic) bond motifs is 2. The molecule has 1 N–H and O–H groups in total. The van der Waals surface area contributed by atoms with Crippen LogP contribution in [0.3, 0.4) is 0 Å². The fourth-order valence-corrected chi connectivity index (χ4v) is 5.13. The maximum absolute atomic E-state index is 11.0. The predicted octanol–water partition coefficient (Wildman–Crippen LogP) is 5.51. The summed E-state index contributed by atoms with van der Waals surface area (Å²) in [6, 6.07) is 12.7. The molecule has 1 fully saturated rings. The van der Waals surface area contributed by atoms with Gasteiger partial charge in [-0.05, 0) is 60.1 Å². The van der Waals surface area contributed by atoms with Gasteiger partial charge in [-0.15, -0.1) is 0 Å². The van der Waals surface area contributed by atoms with Crippen LogP contribution >= 0.6 is 0 Å². The topological polar surface area (TPSA) is 65.0 Å². The van der Waals surface area contributed by atoms with Gasteiger partial charge in [0.25, 0.3) is 0 Å². The summed E-state index contributed by atoms with van der Waals surface area (Å²) >= 11 is 0. The molecule has 1 aliphatic heterocycles. The summed E-state index contributed by atoms with van der Waals surface area (Å²) in [5, 5.41) is 9.02. The summed E-state index contributed by atoms with van der Waals surface area (Å²) in [7, 11) is 1.64. The quantitative estimate of drug-likeness (QED) is 0.622. The lowest BCUT2D eigenvalue weighted by molar-refractivity contribution is -0.0935. The molecule has 0 aromatic heterocycles. The largest absolute Gasteiger partial charge is 0.493 e. The third-order valence-corrected chi connectivity index (χ3v) is 6.87. The minimum absolute atomic E-state index is 0.0153. The smallest absolute Gasteiger partial charge is 0.335 e. The first-order valence-corrected chi connectivity index (χ1v) is 10.8. The number of carbonyl (C=O) groups is 1. The lowest BCUT2D eigenvalue weighted by Gasteiger charge is -2.47. The molecule has 1 heterocycles. The molecule has 0 spiro atoms. The molecule has 2 aliphatic rings. The van der Waals surface area contributed by atoms with Crippen LogP contribution in [0.25, 0.3) is 0 Å². The minimum atomic E-state index is -0.937. The maximum Gasteiger partial charge on any atom is 0.335 e. The highest BCUT2D eigenvalue weighted by molar-refractivity contribution is 5.87. The first-order valence-electron chi connectivity index (χ1n) is 10.8. The Kier molecular flexibility index (Phi) is 6.05. The molecule has 31 heavy (non-hydrogen) atoms. The van der Waals surface area contributed by atoms with Gasteiger partial charge in [0.15, 0.2) is 11.5 Å². The maximum atomic E-state index is 11.0. The van der Waals surface area contributed by atoms with Crippen molar-refractivity contribution < 1.29 is 24.1 Å². The summed E-state index contributed by atoms with van der Waals surface area (Å²) < 4.78 is 17.9. The number of ether oxygens (including phenoxy) is 3. The van der Waals surface area contributed by atoms with Gasteiger partial charge in [-0.25, -0.2) is 4.79 Å². The summed E-state index contributed by atoms with van der Waals surface area (Å²) in [5.74, 6) is 2.47. The second kappa shape index (κ2) is 8.75. The number of aromatic carboxylic acids is 1. The summed E-state index contributed by atoms with van der Waals surface area (Å²) in [6.45, 7) is 7.97. The molecular weight excluding hydrogens is 392 g/mol. The molecule has 164 valence electrons. The molecule has 0 amide bonds. The molecule has 0 saturated carbocycles. The van der Waals surface area contributed by atoms with Crippen molar-refractivity contribution in [3.05, 3.63) is 70.8 Å². The van der Waals surface area contributed by atoms with E-state index in [1.165, 1.54) is 5.57 Å². The van der Waals surface area contributed by atoms with Crippen LogP contribution < -0.4 is 9.47 Å². The van der Waals surface area contributed by atoms with Crippen molar-refractivity contribution in [2.75, 3.05) is 13.7 Å². The molecule has 0 radical (unpaired) electrons. The van der Waals surface area contributed by atoms with Crippen LogP contribution in [0.1, 0.15) is 48.4 Å². The van der Waals surface area contributed by atoms with Crippen molar-refractivity contribution in [2.45, 2.75) is 33.5 Å². The van der Waals surface area contributed by atoms with Crippen molar-refractivity contribution in [2.24, 2.45) is 23.7 Å². The molecule has 4 rings (SSSR count). The monoisotopic (exact) mass is 422 g/mol. The van der Waals surface area contributed by atoms with Crippen LogP contribution in [0.5, 0.6) is 11.5 Å². The molecule has 2 bridgehead atoms. The van der Waals surface area contributed by atoms with E-state index in [4.69, 9.17) is 19.3 Å². The van der Waals surface area contributed by atoms with Crippen LogP contribution in [-0.2, 0) is 11.3 Å². The number of methoxy groups -OCH3 is 1. The third kappa shape index (κ3) is 4.19. The van der Waals surface area contributed by atoms with E-state index in [1.807, 2.05) is 12.1 Å². The van der Waals surface area contributed by atoms with Gasteiger partial charge in [0, 0.05) is 5.92 Å². The van der Waals surface area contributed by atoms with Crippen LogP contribution in [0, 0.1) is 23.7 Å². The van der Waals surface area contributed by atoms with Gasteiger partial charge >= 0.3 is 5.97 Å². The Hall–Kier alpha value is -2.79. The summed E-state index contributed by atoms with van der Waals surface area (Å²) in [5.41, 5.74) is 3.66. The number of rotatable bonds is 6. The molecule has 5 nitrogen and oxygen atoms in total. The molecule has 2 aromatic carbocycles. The highest BCUT2D eigenvalue weighted by Gasteiger charge is 2.43. The lowest BCUT2D eigenvalue weighted by Crippen LogP contribution is -2.42. The Balaban J connectivity index is 1.52. The number of hydrogen-bond acceptors (Lipinski definition) is 4. The average Bonchev–Trinajstić information content (AvgIpc) is 2.76. The van der Waals surface area contributed by atoms with Crippen LogP contribution in [0.2, 0.25) is 0 Å². The summed E-state index contributed by atoms with van der Waals surface area (Å²) in [4.78, 5) is 11.0. The van der Waals surface area contributed by atoms with Crippen molar-refractivity contribution in [1.29, 1.82) is 0 Å². The Labute approximate surface area is 183 Å². The minimum Gasteiger partial charge on any atom is -0.493 e. The lowest BCUT2D eigenvalue weighted by atomic mass is 9.64. The van der Waals surface area contributed by atoms with E-state index in [-0.39, 0.29) is 11.7 Å². The molecule has 2 aromatic rings. The zero-order valence-corrected chi connectivity index (χ0v) is 18.5. The van der Waals surface area contributed by atoms with E-state index >= 15 is 0 Å². The number of carboxylic acids is 1. The van der Waals surface area contributed by atoms with E-state index in [2.05, 4.69) is 32.9 Å². The second-order valence-electron chi connectivity index (χ2n) is 8.77. The average molecular weight is 423 g/mol. The van der Waals surface area contributed by atoms with Gasteiger partial charge in [0.2, 0.25) is 0 Å². The fraction of sp³-hybridized carbons (Fsp3) is 0.423. The number of hydrogen-bond donors (Lipinski definition) is 1. The molecular formula is C26H30O5. The van der Waals surface area contributed by atoms with E-state index in [0.29, 0.717) is 41.8 Å². The van der Waals surface area contributed by atoms with E-state index in [1.54, 1.807) is 31.4 Å². The van der Waals surface area contributed by atoms with Crippen molar-refractivity contribution in [1.82, 2.24) is 0 Å². The van der Waals surface area contributed by atoms with Gasteiger partial charge in [0.05, 0.1) is 25.4 Å². The van der Waals surface area contributed by atoms with E-state index < -0.39 is 5.97 Å². The van der Waals surface area contributed by atoms with Crippen molar-refractivity contribution >= 4 is 5.97 Å². The highest BCUT2D eigenvalue weighted by Crippen LogP contribution is 2.50. The Bertz CT molecular complexity index is 978. The van der Waals surface area contributed by atoms with E-state index in [9.17, 15) is 4.79 Å². The normalized spacial score (nSPS) is 27.4. The van der Waals surface area contributed by atoms with Gasteiger partial charge in [-0.3, -0.25) is 0 Å². The first-order chi connectivity index (χ1) is 14.9. The summed E-state index contributed by atoms with van der Waals surface area (Å²) in [6.07, 6.45) is 2.43. The second-order valence-corrected chi connectivity index (χ2v) is 8.77. The first kappa shape index (κ1) is 21.4. The molecule has 5 heteroatoms. The molecule has 0 unspecified atom stereocenters. The SMILES string of the molecule is COc1cc([C@@H]2OC[C@@H]3[C@H](C)[C@@H]2C(C)=C[C@H]3C)ccc1OCc1ccc(C(=O)O)cc1.